The number of hydrogen-bond acceptors (Lipinski definition) is 2. The number of fused-ring (bicyclic) bond motifs is 1. The molecule has 2 heterocycles. The van der Waals surface area contributed by atoms with Gasteiger partial charge in [-0.15, -0.1) is 0 Å². The average molecular weight is 379 g/mol. The fourth-order valence-electron chi connectivity index (χ4n) is 7.55. The Bertz CT molecular complexity index is 728. The molecule has 2 saturated carbocycles. The van der Waals surface area contributed by atoms with Crippen molar-refractivity contribution in [3.05, 3.63) is 42.0 Å². The third kappa shape index (κ3) is 2.63. The van der Waals surface area contributed by atoms with E-state index in [-0.39, 0.29) is 0 Å². The second-order valence-electron chi connectivity index (χ2n) is 10.0. The molecule has 3 fully saturated rings. The Morgan fingerprint density at radius 3 is 2.11 bits per heavy atom. The van der Waals surface area contributed by atoms with Gasteiger partial charge in [0.15, 0.2) is 0 Å². The second-order valence-corrected chi connectivity index (χ2v) is 10.0. The number of benzene rings is 1. The molecular formula is C26H38N2. The number of nitrogens with zero attached hydrogens (tertiary/aromatic N) is 2. The molecule has 152 valence electrons. The maximum absolute atomic E-state index is 3.00. The van der Waals surface area contributed by atoms with Crippen LogP contribution in [0.25, 0.3) is 0 Å². The van der Waals surface area contributed by atoms with E-state index in [4.69, 9.17) is 0 Å². The zero-order valence-electron chi connectivity index (χ0n) is 18.1. The average Bonchev–Trinajstić information content (AvgIpc) is 3.43. The molecule has 2 aliphatic heterocycles. The molecule has 2 nitrogen and oxygen atoms in total. The highest BCUT2D eigenvalue weighted by Crippen LogP contribution is 2.55. The first-order chi connectivity index (χ1) is 13.6. The SMILES string of the molecule is Cc1ccccc1N1C(C)N2C(C=CC2(C2CCCCC2)C2CCCC2)[C@@H]1C. The van der Waals surface area contributed by atoms with Gasteiger partial charge in [-0.2, -0.15) is 0 Å². The number of para-hydroxylation sites is 1. The van der Waals surface area contributed by atoms with Gasteiger partial charge in [0, 0.05) is 17.3 Å². The van der Waals surface area contributed by atoms with Crippen molar-refractivity contribution in [2.75, 3.05) is 4.90 Å². The van der Waals surface area contributed by atoms with Crippen molar-refractivity contribution >= 4 is 5.69 Å². The minimum Gasteiger partial charge on any atom is -0.351 e. The van der Waals surface area contributed by atoms with Crippen LogP contribution in [-0.2, 0) is 0 Å². The summed E-state index contributed by atoms with van der Waals surface area (Å²) in [6, 6.07) is 10.1. The molecule has 2 aliphatic carbocycles. The largest absolute Gasteiger partial charge is 0.351 e. The summed E-state index contributed by atoms with van der Waals surface area (Å²) in [6.07, 6.45) is 18.8. The molecule has 4 atom stereocenters. The van der Waals surface area contributed by atoms with E-state index in [1.165, 1.54) is 69.0 Å². The molecule has 1 saturated heterocycles. The fourth-order valence-corrected chi connectivity index (χ4v) is 7.55. The molecule has 28 heavy (non-hydrogen) atoms. The quantitative estimate of drug-likeness (QED) is 0.570. The highest BCUT2D eigenvalue weighted by Gasteiger charge is 2.59. The molecule has 0 aromatic heterocycles. The van der Waals surface area contributed by atoms with E-state index in [2.05, 4.69) is 67.0 Å². The Morgan fingerprint density at radius 2 is 1.46 bits per heavy atom. The Morgan fingerprint density at radius 1 is 0.857 bits per heavy atom. The Kier molecular flexibility index (Phi) is 4.82. The summed E-state index contributed by atoms with van der Waals surface area (Å²) in [5, 5.41) is 0. The van der Waals surface area contributed by atoms with E-state index < -0.39 is 0 Å². The van der Waals surface area contributed by atoms with Gasteiger partial charge in [0.25, 0.3) is 0 Å². The monoisotopic (exact) mass is 378 g/mol. The maximum atomic E-state index is 3.00. The zero-order chi connectivity index (χ0) is 19.3. The summed E-state index contributed by atoms with van der Waals surface area (Å²) in [5.74, 6) is 1.72. The van der Waals surface area contributed by atoms with E-state index in [1.54, 1.807) is 0 Å². The predicted molar refractivity (Wildman–Crippen MR) is 119 cm³/mol. The van der Waals surface area contributed by atoms with Crippen LogP contribution in [0.2, 0.25) is 0 Å². The first kappa shape index (κ1) is 18.7. The number of aryl methyl sites for hydroxylation is 1. The lowest BCUT2D eigenvalue weighted by molar-refractivity contribution is -0.00106. The lowest BCUT2D eigenvalue weighted by Crippen LogP contribution is -2.59. The summed E-state index contributed by atoms with van der Waals surface area (Å²) in [5.41, 5.74) is 3.16. The molecule has 0 radical (unpaired) electrons. The Labute approximate surface area is 172 Å². The first-order valence-electron chi connectivity index (χ1n) is 12.0. The molecule has 1 aromatic rings. The van der Waals surface area contributed by atoms with Gasteiger partial charge in [-0.25, -0.2) is 0 Å². The van der Waals surface area contributed by atoms with E-state index in [0.717, 1.165) is 11.8 Å². The Hall–Kier alpha value is -1.28. The van der Waals surface area contributed by atoms with Crippen molar-refractivity contribution in [3.63, 3.8) is 0 Å². The van der Waals surface area contributed by atoms with Crippen LogP contribution in [-0.4, -0.2) is 28.7 Å². The van der Waals surface area contributed by atoms with Crippen LogP contribution in [0.4, 0.5) is 5.69 Å². The third-order valence-corrected chi connectivity index (χ3v) is 8.73. The molecule has 0 amide bonds. The summed E-state index contributed by atoms with van der Waals surface area (Å²) in [7, 11) is 0. The molecule has 1 aromatic carbocycles. The van der Waals surface area contributed by atoms with E-state index in [9.17, 15) is 0 Å². The van der Waals surface area contributed by atoms with Crippen LogP contribution in [0.5, 0.6) is 0 Å². The predicted octanol–water partition coefficient (Wildman–Crippen LogP) is 6.30. The maximum Gasteiger partial charge on any atom is 0.0808 e. The minimum absolute atomic E-state index is 0.312. The van der Waals surface area contributed by atoms with Crippen LogP contribution in [0.15, 0.2) is 36.4 Å². The number of rotatable bonds is 3. The topological polar surface area (TPSA) is 6.48 Å². The van der Waals surface area contributed by atoms with Gasteiger partial charge in [-0.3, -0.25) is 4.90 Å². The summed E-state index contributed by atoms with van der Waals surface area (Å²) >= 11 is 0. The van der Waals surface area contributed by atoms with Crippen LogP contribution in [0, 0.1) is 18.8 Å². The van der Waals surface area contributed by atoms with Crippen molar-refractivity contribution in [2.24, 2.45) is 11.8 Å². The summed E-state index contributed by atoms with van der Waals surface area (Å²) < 4.78 is 0. The molecule has 5 rings (SSSR count). The van der Waals surface area contributed by atoms with Gasteiger partial charge in [0.2, 0.25) is 0 Å². The van der Waals surface area contributed by atoms with Gasteiger partial charge in [0.1, 0.15) is 0 Å². The molecule has 3 unspecified atom stereocenters. The second kappa shape index (κ2) is 7.20. The number of hydrogen-bond donors (Lipinski definition) is 0. The summed E-state index contributed by atoms with van der Waals surface area (Å²) in [6.45, 7) is 7.23. The molecule has 4 aliphatic rings. The smallest absolute Gasteiger partial charge is 0.0808 e. The van der Waals surface area contributed by atoms with Gasteiger partial charge in [0.05, 0.1) is 12.2 Å². The standard InChI is InChI=1S/C26H38N2/c1-19-11-7-10-16-24(19)27-20(2)25-17-18-26(28(25)21(27)3,23-14-8-9-15-23)22-12-5-4-6-13-22/h7,10-11,16-18,20-23,25H,4-6,8-9,12-15H2,1-3H3/t20-,21?,25?,26?/m0/s1. The molecule has 2 heteroatoms. The summed E-state index contributed by atoms with van der Waals surface area (Å²) in [4.78, 5) is 5.73. The van der Waals surface area contributed by atoms with Gasteiger partial charge in [-0.1, -0.05) is 62.5 Å². The minimum atomic E-state index is 0.312. The first-order valence-corrected chi connectivity index (χ1v) is 12.0. The highest BCUT2D eigenvalue weighted by atomic mass is 15.5. The van der Waals surface area contributed by atoms with Gasteiger partial charge in [-0.05, 0) is 69.9 Å². The normalized spacial score (nSPS) is 37.1. The molecule has 0 spiro atoms. The fraction of sp³-hybridized carbons (Fsp3) is 0.692. The van der Waals surface area contributed by atoms with Crippen LogP contribution >= 0.6 is 0 Å². The van der Waals surface area contributed by atoms with Crippen LogP contribution in [0.1, 0.15) is 77.2 Å². The molecule has 0 bridgehead atoms. The molecular weight excluding hydrogens is 340 g/mol. The third-order valence-electron chi connectivity index (χ3n) is 8.73. The molecule has 0 N–H and O–H groups in total. The lowest BCUT2D eigenvalue weighted by atomic mass is 9.67. The van der Waals surface area contributed by atoms with Crippen molar-refractivity contribution in [1.82, 2.24) is 4.90 Å². The van der Waals surface area contributed by atoms with Crippen molar-refractivity contribution in [2.45, 2.75) is 102 Å². The van der Waals surface area contributed by atoms with E-state index >= 15 is 0 Å². The number of anilines is 1. The van der Waals surface area contributed by atoms with Crippen molar-refractivity contribution in [3.8, 4) is 0 Å². The van der Waals surface area contributed by atoms with Gasteiger partial charge < -0.3 is 4.90 Å². The van der Waals surface area contributed by atoms with Crippen LogP contribution in [0.3, 0.4) is 0 Å². The Balaban J connectivity index is 1.56. The van der Waals surface area contributed by atoms with E-state index in [0.29, 0.717) is 23.8 Å². The highest BCUT2D eigenvalue weighted by molar-refractivity contribution is 5.57. The van der Waals surface area contributed by atoms with Crippen molar-refractivity contribution in [1.29, 1.82) is 0 Å². The van der Waals surface area contributed by atoms with Gasteiger partial charge >= 0.3 is 0 Å². The van der Waals surface area contributed by atoms with Crippen molar-refractivity contribution < 1.29 is 0 Å². The lowest BCUT2D eigenvalue weighted by Gasteiger charge is -2.51. The van der Waals surface area contributed by atoms with E-state index in [1.807, 2.05) is 0 Å². The zero-order valence-corrected chi connectivity index (χ0v) is 18.1. The van der Waals surface area contributed by atoms with Crippen LogP contribution < -0.4 is 4.90 Å².